The van der Waals surface area contributed by atoms with Crippen LogP contribution in [-0.2, 0) is 4.74 Å². The Hall–Kier alpha value is -1.85. The summed E-state index contributed by atoms with van der Waals surface area (Å²) in [4.78, 5) is 17.0. The molecule has 2 aromatic rings. The molecule has 102 valence electrons. The van der Waals surface area contributed by atoms with E-state index in [1.807, 2.05) is 17.5 Å². The number of carbonyl (C=O) groups excluding carboxylic acids is 1. The van der Waals surface area contributed by atoms with Crippen molar-refractivity contribution in [3.05, 3.63) is 51.7 Å². The number of anilines is 1. The molecule has 0 amide bonds. The van der Waals surface area contributed by atoms with E-state index in [9.17, 15) is 4.79 Å². The van der Waals surface area contributed by atoms with Crippen molar-refractivity contribution in [2.45, 2.75) is 5.50 Å². The van der Waals surface area contributed by atoms with Gasteiger partial charge in [0.2, 0.25) is 0 Å². The third-order valence-electron chi connectivity index (χ3n) is 2.96. The molecule has 1 N–H and O–H groups in total. The molecule has 1 aromatic carbocycles. The summed E-state index contributed by atoms with van der Waals surface area (Å²) >= 11 is 7.82. The van der Waals surface area contributed by atoms with Crippen molar-refractivity contribution in [2.75, 3.05) is 12.4 Å². The summed E-state index contributed by atoms with van der Waals surface area (Å²) in [7, 11) is 1.36. The lowest BCUT2D eigenvalue weighted by atomic mass is 10.1. The van der Waals surface area contributed by atoms with Crippen LogP contribution in [0.4, 0.5) is 5.69 Å². The van der Waals surface area contributed by atoms with E-state index in [-0.39, 0.29) is 5.97 Å². The molecule has 3 rings (SSSR count). The second-order valence-corrected chi connectivity index (χ2v) is 5.57. The highest BCUT2D eigenvalue weighted by Crippen LogP contribution is 2.37. The number of nitrogens with one attached hydrogen (secondary N) is 1. The number of benzene rings is 1. The average molecular weight is 307 g/mol. The Balaban J connectivity index is 1.96. The van der Waals surface area contributed by atoms with E-state index in [1.54, 1.807) is 29.5 Å². The number of halogens is 1. The van der Waals surface area contributed by atoms with Crippen molar-refractivity contribution in [2.24, 2.45) is 4.99 Å². The molecule has 2 heterocycles. The molecule has 1 unspecified atom stereocenters. The molecule has 0 saturated carbocycles. The first-order valence-electron chi connectivity index (χ1n) is 5.94. The normalized spacial score (nSPS) is 16.9. The molecule has 0 saturated heterocycles. The van der Waals surface area contributed by atoms with Gasteiger partial charge in [0.05, 0.1) is 23.2 Å². The molecule has 0 aliphatic carbocycles. The standard InChI is InChI=1S/C14H11ClN2O2S/c1-19-14(18)9-4-2-3-8(7-9)13-16-10-5-6-20-11(10)12(15)17-13/h2-7,12H,1H3,(H,16,17). The highest BCUT2D eigenvalue weighted by atomic mass is 35.5. The molecule has 20 heavy (non-hydrogen) atoms. The first-order chi connectivity index (χ1) is 9.69. The number of ether oxygens (including phenoxy) is 1. The van der Waals surface area contributed by atoms with Gasteiger partial charge in [0.15, 0.2) is 5.50 Å². The number of hydrogen-bond donors (Lipinski definition) is 1. The zero-order chi connectivity index (χ0) is 14.1. The van der Waals surface area contributed by atoms with Crippen LogP contribution >= 0.6 is 22.9 Å². The Labute approximate surface area is 125 Å². The van der Waals surface area contributed by atoms with Crippen LogP contribution in [0.3, 0.4) is 0 Å². The van der Waals surface area contributed by atoms with Crippen LogP contribution in [-0.4, -0.2) is 18.9 Å². The van der Waals surface area contributed by atoms with Crippen molar-refractivity contribution in [3.63, 3.8) is 0 Å². The minimum absolute atomic E-state index is 0.373. The minimum Gasteiger partial charge on any atom is -0.465 e. The van der Waals surface area contributed by atoms with Crippen molar-refractivity contribution < 1.29 is 9.53 Å². The number of alkyl halides is 1. The second kappa shape index (κ2) is 5.26. The molecule has 0 bridgehead atoms. The van der Waals surface area contributed by atoms with E-state index >= 15 is 0 Å². The lowest BCUT2D eigenvalue weighted by Gasteiger charge is -2.19. The fourth-order valence-electron chi connectivity index (χ4n) is 2.00. The molecule has 0 spiro atoms. The summed E-state index contributed by atoms with van der Waals surface area (Å²) in [6, 6.07) is 9.07. The number of methoxy groups -OCH3 is 1. The molecule has 1 aliphatic heterocycles. The number of thiophene rings is 1. The zero-order valence-corrected chi connectivity index (χ0v) is 12.2. The topological polar surface area (TPSA) is 50.7 Å². The Morgan fingerprint density at radius 2 is 2.30 bits per heavy atom. The lowest BCUT2D eigenvalue weighted by Crippen LogP contribution is -2.19. The molecular formula is C14H11ClN2O2S. The van der Waals surface area contributed by atoms with Crippen molar-refractivity contribution in [1.82, 2.24) is 0 Å². The number of nitrogens with zero attached hydrogens (tertiary/aromatic N) is 1. The molecule has 1 aromatic heterocycles. The van der Waals surface area contributed by atoms with Crippen molar-refractivity contribution in [3.8, 4) is 0 Å². The maximum atomic E-state index is 11.6. The van der Waals surface area contributed by atoms with E-state index in [4.69, 9.17) is 16.3 Å². The SMILES string of the molecule is COC(=O)c1cccc(C2=NC(Cl)c3sccc3N2)c1. The Kier molecular flexibility index (Phi) is 3.46. The molecule has 1 atom stereocenters. The molecule has 4 nitrogen and oxygen atoms in total. The van der Waals surface area contributed by atoms with E-state index in [0.29, 0.717) is 11.4 Å². The fraction of sp³-hybridized carbons (Fsp3) is 0.143. The van der Waals surface area contributed by atoms with Crippen LogP contribution in [0.2, 0.25) is 0 Å². The van der Waals surface area contributed by atoms with Gasteiger partial charge in [0.1, 0.15) is 5.84 Å². The largest absolute Gasteiger partial charge is 0.465 e. The lowest BCUT2D eigenvalue weighted by molar-refractivity contribution is 0.0600. The summed E-state index contributed by atoms with van der Waals surface area (Å²) < 4.78 is 4.72. The van der Waals surface area contributed by atoms with Gasteiger partial charge in [-0.3, -0.25) is 0 Å². The van der Waals surface area contributed by atoms with E-state index in [1.165, 1.54) is 7.11 Å². The van der Waals surface area contributed by atoms with Gasteiger partial charge < -0.3 is 10.1 Å². The van der Waals surface area contributed by atoms with Crippen molar-refractivity contribution in [1.29, 1.82) is 0 Å². The first-order valence-corrected chi connectivity index (χ1v) is 7.25. The van der Waals surface area contributed by atoms with Gasteiger partial charge in [-0.15, -0.1) is 11.3 Å². The maximum Gasteiger partial charge on any atom is 0.337 e. The van der Waals surface area contributed by atoms with Crippen LogP contribution < -0.4 is 5.32 Å². The Morgan fingerprint density at radius 1 is 1.45 bits per heavy atom. The van der Waals surface area contributed by atoms with Crippen molar-refractivity contribution >= 4 is 40.4 Å². The van der Waals surface area contributed by atoms with Gasteiger partial charge in [-0.25, -0.2) is 9.79 Å². The Bertz CT molecular complexity index is 696. The second-order valence-electron chi connectivity index (χ2n) is 4.21. The highest BCUT2D eigenvalue weighted by Gasteiger charge is 2.21. The van der Waals surface area contributed by atoms with Gasteiger partial charge in [0, 0.05) is 5.56 Å². The van der Waals surface area contributed by atoms with Crippen LogP contribution in [0.15, 0.2) is 40.7 Å². The predicted octanol–water partition coefficient (Wildman–Crippen LogP) is 3.64. The monoisotopic (exact) mass is 306 g/mol. The smallest absolute Gasteiger partial charge is 0.337 e. The van der Waals surface area contributed by atoms with Crippen LogP contribution in [0.25, 0.3) is 0 Å². The number of amidine groups is 1. The van der Waals surface area contributed by atoms with Gasteiger partial charge in [0.25, 0.3) is 0 Å². The molecular weight excluding hydrogens is 296 g/mol. The summed E-state index contributed by atoms with van der Waals surface area (Å²) in [5.74, 6) is 0.281. The van der Waals surface area contributed by atoms with E-state index in [2.05, 4.69) is 10.3 Å². The maximum absolute atomic E-state index is 11.6. The molecule has 0 radical (unpaired) electrons. The quantitative estimate of drug-likeness (QED) is 0.523. The minimum atomic E-state index is -0.400. The molecule has 1 aliphatic rings. The highest BCUT2D eigenvalue weighted by molar-refractivity contribution is 7.11. The number of aliphatic imine (C=N–C) groups is 1. The summed E-state index contributed by atoms with van der Waals surface area (Å²) in [5.41, 5.74) is 1.85. The summed E-state index contributed by atoms with van der Waals surface area (Å²) in [5, 5.41) is 5.20. The summed E-state index contributed by atoms with van der Waals surface area (Å²) in [6.45, 7) is 0. The Morgan fingerprint density at radius 3 is 3.10 bits per heavy atom. The van der Waals surface area contributed by atoms with Crippen LogP contribution in [0.1, 0.15) is 26.3 Å². The average Bonchev–Trinajstić information content (AvgIpc) is 2.95. The van der Waals surface area contributed by atoms with Crippen LogP contribution in [0, 0.1) is 0 Å². The first kappa shape index (κ1) is 13.1. The number of esters is 1. The number of fused-ring (bicyclic) bond motifs is 1. The third-order valence-corrected chi connectivity index (χ3v) is 4.38. The number of hydrogen-bond acceptors (Lipinski definition) is 5. The summed E-state index contributed by atoms with van der Waals surface area (Å²) in [6.07, 6.45) is 0. The fourth-order valence-corrected chi connectivity index (χ4v) is 3.13. The van der Waals surface area contributed by atoms with E-state index < -0.39 is 5.50 Å². The van der Waals surface area contributed by atoms with Gasteiger partial charge in [-0.05, 0) is 23.6 Å². The van der Waals surface area contributed by atoms with Crippen LogP contribution in [0.5, 0.6) is 0 Å². The van der Waals surface area contributed by atoms with Gasteiger partial charge in [-0.2, -0.15) is 0 Å². The van der Waals surface area contributed by atoms with Gasteiger partial charge >= 0.3 is 5.97 Å². The third kappa shape index (κ3) is 2.30. The van der Waals surface area contributed by atoms with E-state index in [0.717, 1.165) is 16.1 Å². The predicted molar refractivity (Wildman–Crippen MR) is 80.9 cm³/mol. The molecule has 6 heteroatoms. The molecule has 0 fully saturated rings. The van der Waals surface area contributed by atoms with Gasteiger partial charge in [-0.1, -0.05) is 23.7 Å². The zero-order valence-electron chi connectivity index (χ0n) is 10.6. The number of carbonyl (C=O) groups is 1. The number of rotatable bonds is 2.